The van der Waals surface area contributed by atoms with Gasteiger partial charge in [-0.2, -0.15) is 8.78 Å². The van der Waals surface area contributed by atoms with Crippen molar-refractivity contribution in [3.8, 4) is 5.75 Å². The minimum atomic E-state index is -4.56. The van der Waals surface area contributed by atoms with E-state index < -0.39 is 35.4 Å². The van der Waals surface area contributed by atoms with Crippen LogP contribution in [0, 0.1) is 5.41 Å². The van der Waals surface area contributed by atoms with Crippen LogP contribution in [0.4, 0.5) is 45.3 Å². The molecule has 0 saturated carbocycles. The maximum Gasteiger partial charge on any atom is 0.540 e. The number of amidine groups is 1. The van der Waals surface area contributed by atoms with Crippen molar-refractivity contribution in [1.82, 2.24) is 0 Å². The zero-order valence-corrected chi connectivity index (χ0v) is 17.0. The summed E-state index contributed by atoms with van der Waals surface area (Å²) in [6, 6.07) is 9.57. The summed E-state index contributed by atoms with van der Waals surface area (Å²) in [5, 5.41) is 11.4. The van der Waals surface area contributed by atoms with E-state index in [1.165, 1.54) is 24.5 Å². The molecule has 2 amide bonds. The minimum absolute atomic E-state index is 0.0679. The van der Waals surface area contributed by atoms with Crippen LogP contribution < -0.4 is 25.6 Å². The Kier molecular flexibility index (Phi) is 4.68. The molecule has 9 nitrogen and oxygen atoms in total. The van der Waals surface area contributed by atoms with Gasteiger partial charge in [0, 0.05) is 5.69 Å². The molecule has 0 bridgehead atoms. The van der Waals surface area contributed by atoms with Gasteiger partial charge in [-0.25, -0.2) is 9.53 Å². The Labute approximate surface area is 188 Å². The summed E-state index contributed by atoms with van der Waals surface area (Å²) in [6.45, 7) is 0.222. The van der Waals surface area contributed by atoms with Gasteiger partial charge in [0.15, 0.2) is 0 Å². The predicted molar refractivity (Wildman–Crippen MR) is 112 cm³/mol. The van der Waals surface area contributed by atoms with E-state index in [0.717, 1.165) is 17.0 Å². The third kappa shape index (κ3) is 3.46. The number of urea groups is 1. The van der Waals surface area contributed by atoms with Gasteiger partial charge in [0.05, 0.1) is 29.9 Å². The normalized spacial score (nSPS) is 17.8. The number of nitrogens with zero attached hydrogens (tertiary/aromatic N) is 2. The molecule has 3 aromatic rings. The molecular weight excluding hydrogens is 462 g/mol. The average molecular weight is 477 g/mol. The molecule has 2 aromatic carbocycles. The molecule has 1 aromatic heterocycles. The van der Waals surface area contributed by atoms with E-state index in [2.05, 4.69) is 14.8 Å². The van der Waals surface area contributed by atoms with Crippen molar-refractivity contribution >= 4 is 34.8 Å². The second-order valence-electron chi connectivity index (χ2n) is 7.30. The Balaban J connectivity index is 1.52. The lowest BCUT2D eigenvalue weighted by Gasteiger charge is -2.34. The Bertz CT molecular complexity index is 1290. The molecular formula is C21H15F4N5O4. The Morgan fingerprint density at radius 1 is 1.12 bits per heavy atom. The van der Waals surface area contributed by atoms with Crippen LogP contribution in [0.15, 0.2) is 59.2 Å². The van der Waals surface area contributed by atoms with Crippen molar-refractivity contribution in [3.63, 3.8) is 0 Å². The lowest BCUT2D eigenvalue weighted by atomic mass is 10.1. The molecule has 0 aliphatic carbocycles. The number of anilines is 4. The summed E-state index contributed by atoms with van der Waals surface area (Å²) in [7, 11) is 0. The number of primary amides is 1. The molecule has 4 N–H and O–H groups in total. The van der Waals surface area contributed by atoms with Gasteiger partial charge in [0.1, 0.15) is 17.1 Å². The van der Waals surface area contributed by atoms with E-state index in [-0.39, 0.29) is 18.2 Å². The number of benzene rings is 2. The van der Waals surface area contributed by atoms with Gasteiger partial charge < -0.3 is 25.1 Å². The van der Waals surface area contributed by atoms with Crippen LogP contribution in [-0.2, 0) is 10.8 Å². The number of ether oxygens (including phenoxy) is 2. The number of carbonyl (C=O) groups is 1. The van der Waals surface area contributed by atoms with Crippen LogP contribution in [-0.4, -0.2) is 24.8 Å². The number of halogens is 4. The van der Waals surface area contributed by atoms with Crippen molar-refractivity contribution in [2.24, 2.45) is 5.73 Å². The van der Waals surface area contributed by atoms with Crippen LogP contribution in [0.1, 0.15) is 11.1 Å². The van der Waals surface area contributed by atoms with E-state index >= 15 is 0 Å². The molecule has 0 saturated heterocycles. The molecule has 0 atom stereocenters. The average Bonchev–Trinajstić information content (AvgIpc) is 3.23. The predicted octanol–water partition coefficient (Wildman–Crippen LogP) is 4.72. The number of hydrogen-bond donors (Lipinski definition) is 3. The van der Waals surface area contributed by atoms with Crippen molar-refractivity contribution in [3.05, 3.63) is 65.9 Å². The maximum absolute atomic E-state index is 14.5. The van der Waals surface area contributed by atoms with E-state index in [1.807, 2.05) is 0 Å². The number of carbonyl (C=O) groups excluding carboxylic acids is 1. The lowest BCUT2D eigenvalue weighted by Crippen LogP contribution is -2.43. The van der Waals surface area contributed by atoms with Gasteiger partial charge in [-0.15, -0.1) is 8.78 Å². The molecule has 0 radical (unpaired) electrons. The Morgan fingerprint density at radius 2 is 1.85 bits per heavy atom. The van der Waals surface area contributed by atoms with Gasteiger partial charge >= 0.3 is 18.4 Å². The quantitative estimate of drug-likeness (QED) is 0.470. The monoisotopic (exact) mass is 477 g/mol. The number of nitrogens with one attached hydrogen (secondary N) is 2. The van der Waals surface area contributed by atoms with Crippen LogP contribution in [0.5, 0.6) is 5.75 Å². The number of nitrogens with two attached hydrogens (primary N) is 1. The summed E-state index contributed by atoms with van der Waals surface area (Å²) < 4.78 is 69.0. The van der Waals surface area contributed by atoms with Crippen LogP contribution in [0.2, 0.25) is 0 Å². The van der Waals surface area contributed by atoms with E-state index in [4.69, 9.17) is 15.6 Å². The SMILES string of the molecule is N=C1c2ccoc2NCN1c1ccc(N(C(N)=O)c2cccc3c2C(F)(F)OC(F)(F)O3)cc1. The highest BCUT2D eigenvalue weighted by molar-refractivity contribution is 6.12. The molecule has 34 heavy (non-hydrogen) atoms. The third-order valence-corrected chi connectivity index (χ3v) is 5.24. The summed E-state index contributed by atoms with van der Waals surface area (Å²) in [5.41, 5.74) is 5.06. The van der Waals surface area contributed by atoms with Crippen molar-refractivity contribution < 1.29 is 36.2 Å². The third-order valence-electron chi connectivity index (χ3n) is 5.24. The van der Waals surface area contributed by atoms with E-state index in [0.29, 0.717) is 17.1 Å². The summed E-state index contributed by atoms with van der Waals surface area (Å²) in [4.78, 5) is 14.6. The molecule has 2 aliphatic heterocycles. The lowest BCUT2D eigenvalue weighted by molar-refractivity contribution is -0.461. The fourth-order valence-electron chi connectivity index (χ4n) is 3.83. The highest BCUT2D eigenvalue weighted by Gasteiger charge is 2.56. The molecule has 176 valence electrons. The zero-order chi connectivity index (χ0) is 24.3. The van der Waals surface area contributed by atoms with Crippen LogP contribution in [0.3, 0.4) is 0 Å². The van der Waals surface area contributed by atoms with Gasteiger partial charge in [-0.05, 0) is 42.5 Å². The standard InChI is InChI=1S/C21H15F4N5O4/c22-20(23)16-14(2-1-3-15(16)33-21(24,25)34-20)30(19(27)31)12-6-4-11(5-7-12)29-10-28-18-13(17(29)26)8-9-32-18/h1-9,26,28H,10H2,(H2,27,31). The molecule has 3 heterocycles. The maximum atomic E-state index is 14.5. The zero-order valence-electron chi connectivity index (χ0n) is 17.0. The summed E-state index contributed by atoms with van der Waals surface area (Å²) in [6.07, 6.45) is -7.59. The van der Waals surface area contributed by atoms with Gasteiger partial charge in [0.2, 0.25) is 5.88 Å². The van der Waals surface area contributed by atoms with Gasteiger partial charge in [0.25, 0.3) is 0 Å². The first-order chi connectivity index (χ1) is 16.1. The smallest absolute Gasteiger partial charge is 0.448 e. The first-order valence-electron chi connectivity index (χ1n) is 9.73. The highest BCUT2D eigenvalue weighted by Crippen LogP contribution is 2.51. The number of hydrogen-bond acceptors (Lipinski definition) is 6. The molecule has 0 fully saturated rings. The minimum Gasteiger partial charge on any atom is -0.448 e. The Morgan fingerprint density at radius 3 is 2.56 bits per heavy atom. The molecule has 5 rings (SSSR count). The number of amides is 2. The molecule has 0 unspecified atom stereocenters. The van der Waals surface area contributed by atoms with Crippen molar-refractivity contribution in [1.29, 1.82) is 5.41 Å². The van der Waals surface area contributed by atoms with Gasteiger partial charge in [-0.1, -0.05) is 6.07 Å². The summed E-state index contributed by atoms with van der Waals surface area (Å²) in [5.74, 6) is -0.234. The fourth-order valence-corrected chi connectivity index (χ4v) is 3.83. The number of fused-ring (bicyclic) bond motifs is 2. The number of furan rings is 1. The fraction of sp³-hybridized carbons (Fsp3) is 0.143. The molecule has 0 spiro atoms. The second-order valence-corrected chi connectivity index (χ2v) is 7.30. The Hall–Kier alpha value is -4.26. The number of alkyl halides is 4. The first-order valence-corrected chi connectivity index (χ1v) is 9.73. The summed E-state index contributed by atoms with van der Waals surface area (Å²) >= 11 is 0. The van der Waals surface area contributed by atoms with Crippen molar-refractivity contribution in [2.45, 2.75) is 12.4 Å². The molecule has 13 heteroatoms. The van der Waals surface area contributed by atoms with Crippen LogP contribution >= 0.6 is 0 Å². The largest absolute Gasteiger partial charge is 0.540 e. The molecule has 2 aliphatic rings. The second kappa shape index (κ2) is 7.38. The highest BCUT2D eigenvalue weighted by atomic mass is 19.3. The van der Waals surface area contributed by atoms with E-state index in [1.54, 1.807) is 23.1 Å². The van der Waals surface area contributed by atoms with Crippen LogP contribution in [0.25, 0.3) is 0 Å². The number of rotatable bonds is 3. The van der Waals surface area contributed by atoms with Gasteiger partial charge in [-0.3, -0.25) is 10.3 Å². The first kappa shape index (κ1) is 21.6. The topological polar surface area (TPSA) is 117 Å². The van der Waals surface area contributed by atoms with Crippen molar-refractivity contribution in [2.75, 3.05) is 21.8 Å². The van der Waals surface area contributed by atoms with E-state index in [9.17, 15) is 22.4 Å².